The maximum Gasteiger partial charge on any atom is 1.00 e. The third-order valence-electron chi connectivity index (χ3n) is 2.77. The fraction of sp³-hybridized carbons (Fsp3) is 0.0769. The van der Waals surface area contributed by atoms with Crippen LogP contribution in [0.15, 0.2) is 42.6 Å². The smallest absolute Gasteiger partial charge is 0.759 e. The summed E-state index contributed by atoms with van der Waals surface area (Å²) in [6.45, 7) is 0. The van der Waals surface area contributed by atoms with Crippen LogP contribution in [0.4, 0.5) is 0 Å². The van der Waals surface area contributed by atoms with Crippen LogP contribution in [-0.4, -0.2) is 22.5 Å². The summed E-state index contributed by atoms with van der Waals surface area (Å²) >= 11 is 5.95. The molecular weight excluding hydrogens is 316 g/mol. The second kappa shape index (κ2) is 5.90. The van der Waals surface area contributed by atoms with E-state index in [9.17, 15) is 0 Å². The van der Waals surface area contributed by atoms with E-state index in [0.29, 0.717) is 5.15 Å². The Bertz CT molecular complexity index is 910. The number of benzene rings is 1. The van der Waals surface area contributed by atoms with Crippen molar-refractivity contribution in [3.8, 4) is 0 Å². The Morgan fingerprint density at radius 2 is 1.71 bits per heavy atom. The van der Waals surface area contributed by atoms with E-state index in [1.54, 1.807) is 0 Å². The van der Waals surface area contributed by atoms with Gasteiger partial charge in [0.1, 0.15) is 17.7 Å². The van der Waals surface area contributed by atoms with Crippen LogP contribution < -0.4 is 4.57 Å². The summed E-state index contributed by atoms with van der Waals surface area (Å²) in [6.07, 6.45) is 2.02. The molecule has 3 aromatic rings. The first kappa shape index (κ1) is 15.6. The van der Waals surface area contributed by atoms with Crippen molar-refractivity contribution in [1.82, 2.24) is 4.98 Å². The van der Waals surface area contributed by atoms with Crippen molar-refractivity contribution >= 4 is 43.8 Å². The molecule has 3 rings (SSSR count). The van der Waals surface area contributed by atoms with Gasteiger partial charge in [-0.05, 0) is 24.3 Å². The second-order valence-electron chi connectivity index (χ2n) is 4.24. The molecule has 0 aliphatic heterocycles. The number of aryl methyl sites for hydroxylation is 1. The van der Waals surface area contributed by atoms with Gasteiger partial charge in [-0.3, -0.25) is 8.42 Å². The van der Waals surface area contributed by atoms with E-state index in [0.717, 1.165) is 16.4 Å². The van der Waals surface area contributed by atoms with Crippen LogP contribution in [0.2, 0.25) is 5.15 Å². The third-order valence-corrected chi connectivity index (χ3v) is 2.98. The maximum absolute atomic E-state index is 8.52. The van der Waals surface area contributed by atoms with E-state index in [2.05, 4.69) is 27.8 Å². The van der Waals surface area contributed by atoms with Gasteiger partial charge in [-0.15, -0.1) is 0 Å². The van der Waals surface area contributed by atoms with E-state index in [1.807, 2.05) is 31.4 Å². The lowest BCUT2D eigenvalue weighted by Gasteiger charge is -2.06. The van der Waals surface area contributed by atoms with Gasteiger partial charge in [-0.2, -0.15) is 4.57 Å². The van der Waals surface area contributed by atoms with E-state index >= 15 is 0 Å². The van der Waals surface area contributed by atoms with Gasteiger partial charge >= 0.3 is 1.43 Å². The summed E-state index contributed by atoms with van der Waals surface area (Å²) in [5.41, 5.74) is 2.07. The molecular formula is C13H11ClN2O4S. The van der Waals surface area contributed by atoms with E-state index < -0.39 is 10.4 Å². The first-order valence-corrected chi connectivity index (χ1v) is 7.47. The van der Waals surface area contributed by atoms with E-state index in [-0.39, 0.29) is 1.43 Å². The van der Waals surface area contributed by atoms with Crippen molar-refractivity contribution in [1.29, 1.82) is 0 Å². The molecule has 6 nitrogen and oxygen atoms in total. The highest BCUT2D eigenvalue weighted by Crippen LogP contribution is 2.22. The van der Waals surface area contributed by atoms with Gasteiger partial charge in [0.05, 0.1) is 0 Å². The summed E-state index contributed by atoms with van der Waals surface area (Å²) in [7, 11) is -3.15. The number of hydrogen-bond acceptors (Lipinski definition) is 5. The lowest BCUT2D eigenvalue weighted by Crippen LogP contribution is -2.28. The Morgan fingerprint density at radius 1 is 1.14 bits per heavy atom. The average molecular weight is 327 g/mol. The quantitative estimate of drug-likeness (QED) is 0.206. The summed E-state index contributed by atoms with van der Waals surface area (Å²) in [6, 6.07) is 12.1. The molecule has 0 fully saturated rings. The highest BCUT2D eigenvalue weighted by molar-refractivity contribution is 7.79. The Balaban J connectivity index is 0.000000356. The Labute approximate surface area is 127 Å². The molecule has 0 aliphatic carbocycles. The number of pyridine rings is 2. The maximum atomic E-state index is 8.52. The van der Waals surface area contributed by atoms with Gasteiger partial charge in [0.2, 0.25) is 5.52 Å². The Hall–Kier alpha value is -1.80. The Kier molecular flexibility index (Phi) is 4.38. The topological polar surface area (TPSA) is 97.0 Å². The zero-order valence-electron chi connectivity index (χ0n) is 11.9. The van der Waals surface area contributed by atoms with Crippen LogP contribution in [-0.2, 0) is 17.4 Å². The van der Waals surface area contributed by atoms with Gasteiger partial charge in [0.25, 0.3) is 0 Å². The number of fused-ring (bicyclic) bond motifs is 3. The predicted octanol–water partition coefficient (Wildman–Crippen LogP) is 1.64. The molecule has 0 saturated heterocycles. The molecule has 8 heteroatoms. The number of halogens is 1. The Morgan fingerprint density at radius 3 is 2.38 bits per heavy atom. The van der Waals surface area contributed by atoms with Crippen LogP contribution >= 0.6 is 11.6 Å². The molecule has 0 aliphatic rings. The van der Waals surface area contributed by atoms with Crippen LogP contribution in [0.1, 0.15) is 1.43 Å². The minimum Gasteiger partial charge on any atom is -0.759 e. The first-order chi connectivity index (χ1) is 9.75. The average Bonchev–Trinajstić information content (AvgIpc) is 2.36. The van der Waals surface area contributed by atoms with Crippen LogP contribution in [0.5, 0.6) is 0 Å². The number of aromatic nitrogens is 2. The summed E-state index contributed by atoms with van der Waals surface area (Å²) in [4.78, 5) is 4.41. The van der Waals surface area contributed by atoms with Crippen molar-refractivity contribution in [3.63, 3.8) is 0 Å². The minimum absolute atomic E-state index is 0. The van der Waals surface area contributed by atoms with Crippen molar-refractivity contribution in [2.75, 3.05) is 0 Å². The summed E-state index contributed by atoms with van der Waals surface area (Å²) in [5.74, 6) is 0. The lowest BCUT2D eigenvalue weighted by atomic mass is 10.1. The highest BCUT2D eigenvalue weighted by atomic mass is 35.5. The highest BCUT2D eigenvalue weighted by Gasteiger charge is 2.10. The molecule has 1 aromatic carbocycles. The standard InChI is InChI=1S/C13H10ClN2.H2O4S/c1-16-8-2-3-10-5-4-9-6-7-11(14)15-12(9)13(10)16;1-5(2,3)4/h2-8H,1H3;(H2,1,2,3,4)/q+1;/p-1. The van der Waals surface area contributed by atoms with Gasteiger partial charge in [-0.1, -0.05) is 17.7 Å². The predicted molar refractivity (Wildman–Crippen MR) is 77.0 cm³/mol. The first-order valence-electron chi connectivity index (χ1n) is 5.76. The molecule has 0 amide bonds. The lowest BCUT2D eigenvalue weighted by molar-refractivity contribution is -0.644. The molecule has 0 spiro atoms. The van der Waals surface area contributed by atoms with Crippen molar-refractivity contribution < 1.29 is 23.5 Å². The zero-order chi connectivity index (χ0) is 15.6. The fourth-order valence-electron chi connectivity index (χ4n) is 2.02. The van der Waals surface area contributed by atoms with Crippen LogP contribution in [0, 0.1) is 0 Å². The third kappa shape index (κ3) is 4.08. The van der Waals surface area contributed by atoms with Crippen molar-refractivity contribution in [2.45, 2.75) is 0 Å². The number of nitrogens with zero attached hydrogens (tertiary/aromatic N) is 2. The molecule has 0 atom stereocenters. The SMILES string of the molecule is C[n+]1cccc2ccc3ccc(Cl)nc3c21.O=S(=O)([O-])[O-].[H+]. The number of hydrogen-bond donors (Lipinski definition) is 0. The molecule has 0 bridgehead atoms. The van der Waals surface area contributed by atoms with Crippen LogP contribution in [0.3, 0.4) is 0 Å². The molecule has 2 aromatic heterocycles. The molecule has 0 unspecified atom stereocenters. The minimum atomic E-state index is -5.17. The van der Waals surface area contributed by atoms with Crippen molar-refractivity contribution in [3.05, 3.63) is 47.7 Å². The van der Waals surface area contributed by atoms with Gasteiger partial charge in [0, 0.05) is 27.2 Å². The normalized spacial score (nSPS) is 11.2. The zero-order valence-corrected chi connectivity index (χ0v) is 12.4. The van der Waals surface area contributed by atoms with E-state index in [4.69, 9.17) is 29.1 Å². The van der Waals surface area contributed by atoms with Crippen LogP contribution in [0.25, 0.3) is 21.8 Å². The molecule has 0 radical (unpaired) electrons. The van der Waals surface area contributed by atoms with Gasteiger partial charge < -0.3 is 9.11 Å². The van der Waals surface area contributed by atoms with Crippen molar-refractivity contribution in [2.24, 2.45) is 7.05 Å². The molecule has 0 N–H and O–H groups in total. The molecule has 0 saturated carbocycles. The fourth-order valence-corrected chi connectivity index (χ4v) is 2.17. The van der Waals surface area contributed by atoms with Gasteiger partial charge in [0.15, 0.2) is 6.20 Å². The summed E-state index contributed by atoms with van der Waals surface area (Å²) in [5, 5.41) is 2.81. The largest absolute Gasteiger partial charge is 1.00 e. The molecule has 110 valence electrons. The van der Waals surface area contributed by atoms with E-state index in [1.165, 1.54) is 5.39 Å². The monoisotopic (exact) mass is 326 g/mol. The second-order valence-corrected chi connectivity index (χ2v) is 5.44. The number of rotatable bonds is 0. The summed E-state index contributed by atoms with van der Waals surface area (Å²) < 4.78 is 36.2. The molecule has 2 heterocycles. The molecule has 21 heavy (non-hydrogen) atoms. The van der Waals surface area contributed by atoms with Gasteiger partial charge in [-0.25, -0.2) is 4.98 Å².